The van der Waals surface area contributed by atoms with Gasteiger partial charge in [0.15, 0.2) is 0 Å². The molecule has 0 saturated carbocycles. The van der Waals surface area contributed by atoms with E-state index in [4.69, 9.17) is 16.0 Å². The summed E-state index contributed by atoms with van der Waals surface area (Å²) in [6.45, 7) is 1.81. The molecule has 0 atom stereocenters. The molecule has 0 spiro atoms. The number of benzene rings is 1. The Morgan fingerprint density at radius 2 is 1.95 bits per heavy atom. The van der Waals surface area contributed by atoms with Gasteiger partial charge in [0.25, 0.3) is 11.1 Å². The van der Waals surface area contributed by atoms with Crippen LogP contribution in [-0.2, 0) is 4.79 Å². The lowest BCUT2D eigenvalue weighted by atomic mass is 10.3. The van der Waals surface area contributed by atoms with E-state index in [1.807, 2.05) is 6.92 Å². The maximum Gasteiger partial charge on any atom is 0.298 e. The fourth-order valence-corrected chi connectivity index (χ4v) is 3.00. The van der Waals surface area contributed by atoms with Gasteiger partial charge in [-0.2, -0.15) is 0 Å². The number of thioether (sulfide) groups is 1. The van der Waals surface area contributed by atoms with Crippen LogP contribution in [0.4, 0.5) is 10.5 Å². The van der Waals surface area contributed by atoms with Crippen LogP contribution < -0.4 is 4.90 Å². The van der Waals surface area contributed by atoms with Crippen LogP contribution in [-0.4, -0.2) is 11.1 Å². The highest BCUT2D eigenvalue weighted by Crippen LogP contribution is 2.38. The Hall–Kier alpha value is -1.98. The van der Waals surface area contributed by atoms with Crippen molar-refractivity contribution < 1.29 is 14.0 Å². The Bertz CT molecular complexity index is 766. The fourth-order valence-electron chi connectivity index (χ4n) is 1.97. The van der Waals surface area contributed by atoms with Gasteiger partial charge in [-0.05, 0) is 43.0 Å². The van der Waals surface area contributed by atoms with E-state index < -0.39 is 5.91 Å². The van der Waals surface area contributed by atoms with E-state index in [9.17, 15) is 9.59 Å². The molecule has 6 heteroatoms. The average molecular weight is 320 g/mol. The Morgan fingerprint density at radius 1 is 1.19 bits per heavy atom. The monoisotopic (exact) mass is 319 g/mol. The first-order valence-electron chi connectivity index (χ1n) is 6.15. The number of aryl methyl sites for hydroxylation is 1. The van der Waals surface area contributed by atoms with Crippen LogP contribution in [0.25, 0.3) is 6.08 Å². The molecule has 21 heavy (non-hydrogen) atoms. The first-order valence-corrected chi connectivity index (χ1v) is 7.34. The molecule has 2 heterocycles. The van der Waals surface area contributed by atoms with Crippen LogP contribution in [0.5, 0.6) is 0 Å². The van der Waals surface area contributed by atoms with Crippen LogP contribution in [0.2, 0.25) is 5.02 Å². The van der Waals surface area contributed by atoms with E-state index in [0.717, 1.165) is 22.4 Å². The Labute approximate surface area is 130 Å². The molecule has 0 unspecified atom stereocenters. The van der Waals surface area contributed by atoms with Gasteiger partial charge >= 0.3 is 0 Å². The Kier molecular flexibility index (Phi) is 3.61. The second-order valence-corrected chi connectivity index (χ2v) is 5.82. The van der Waals surface area contributed by atoms with Gasteiger partial charge in [0, 0.05) is 6.08 Å². The van der Waals surface area contributed by atoms with Crippen molar-refractivity contribution in [3.05, 3.63) is 57.8 Å². The zero-order valence-corrected chi connectivity index (χ0v) is 12.6. The van der Waals surface area contributed by atoms with E-state index in [2.05, 4.69) is 0 Å². The summed E-state index contributed by atoms with van der Waals surface area (Å²) >= 11 is 6.92. The van der Waals surface area contributed by atoms with Crippen molar-refractivity contribution in [1.82, 2.24) is 0 Å². The third-order valence-electron chi connectivity index (χ3n) is 2.92. The minimum Gasteiger partial charge on any atom is -0.462 e. The molecule has 1 fully saturated rings. The molecule has 1 aliphatic heterocycles. The average Bonchev–Trinajstić information content (AvgIpc) is 2.96. The zero-order chi connectivity index (χ0) is 15.0. The number of hydrogen-bond acceptors (Lipinski definition) is 4. The number of amides is 2. The molecule has 1 aromatic carbocycles. The number of carbonyl (C=O) groups is 2. The molecule has 1 aromatic heterocycles. The van der Waals surface area contributed by atoms with Gasteiger partial charge in [-0.25, -0.2) is 4.90 Å². The summed E-state index contributed by atoms with van der Waals surface area (Å²) in [5.74, 6) is 0.885. The van der Waals surface area contributed by atoms with Crippen molar-refractivity contribution in [2.75, 3.05) is 4.90 Å². The summed E-state index contributed by atoms with van der Waals surface area (Å²) in [7, 11) is 0. The van der Waals surface area contributed by atoms with Crippen molar-refractivity contribution in [1.29, 1.82) is 0 Å². The molecule has 0 N–H and O–H groups in total. The number of rotatable bonds is 2. The van der Waals surface area contributed by atoms with Crippen LogP contribution in [0.15, 0.2) is 45.7 Å². The lowest BCUT2D eigenvalue weighted by Gasteiger charge is -2.13. The molecule has 0 bridgehead atoms. The molecule has 2 aromatic rings. The van der Waals surface area contributed by atoms with E-state index in [0.29, 0.717) is 21.4 Å². The zero-order valence-electron chi connectivity index (χ0n) is 11.0. The predicted octanol–water partition coefficient (Wildman–Crippen LogP) is 4.48. The van der Waals surface area contributed by atoms with Gasteiger partial charge in [0.2, 0.25) is 0 Å². The number of imide groups is 1. The van der Waals surface area contributed by atoms with Crippen molar-refractivity contribution in [3.8, 4) is 0 Å². The molecule has 4 nitrogen and oxygen atoms in total. The van der Waals surface area contributed by atoms with Crippen molar-refractivity contribution in [2.24, 2.45) is 0 Å². The predicted molar refractivity (Wildman–Crippen MR) is 83.3 cm³/mol. The minimum absolute atomic E-state index is 0.314. The van der Waals surface area contributed by atoms with Gasteiger partial charge in [0.05, 0.1) is 15.6 Å². The number of halogens is 1. The molecule has 1 saturated heterocycles. The highest BCUT2D eigenvalue weighted by atomic mass is 35.5. The lowest BCUT2D eigenvalue weighted by molar-refractivity contribution is -0.113. The fraction of sp³-hybridized carbons (Fsp3) is 0.0667. The topological polar surface area (TPSA) is 50.5 Å². The number of nitrogens with zero attached hydrogens (tertiary/aromatic N) is 1. The van der Waals surface area contributed by atoms with Crippen LogP contribution >= 0.6 is 23.4 Å². The Morgan fingerprint density at radius 3 is 2.62 bits per heavy atom. The smallest absolute Gasteiger partial charge is 0.298 e. The van der Waals surface area contributed by atoms with E-state index in [1.54, 1.807) is 42.5 Å². The molecule has 3 rings (SSSR count). The number of hydrogen-bond donors (Lipinski definition) is 0. The van der Waals surface area contributed by atoms with E-state index >= 15 is 0 Å². The van der Waals surface area contributed by atoms with Gasteiger partial charge < -0.3 is 4.42 Å². The molecule has 106 valence electrons. The first-order chi connectivity index (χ1) is 10.1. The highest BCUT2D eigenvalue weighted by molar-refractivity contribution is 8.19. The summed E-state index contributed by atoms with van der Waals surface area (Å²) in [5.41, 5.74) is 0.390. The van der Waals surface area contributed by atoms with Crippen molar-refractivity contribution >= 4 is 46.3 Å². The molecular formula is C15H10ClNO3S. The molecule has 1 aliphatic rings. The van der Waals surface area contributed by atoms with Gasteiger partial charge in [-0.15, -0.1) is 0 Å². The van der Waals surface area contributed by atoms with E-state index in [-0.39, 0.29) is 5.24 Å². The summed E-state index contributed by atoms with van der Waals surface area (Å²) in [4.78, 5) is 25.9. The van der Waals surface area contributed by atoms with E-state index in [1.165, 1.54) is 0 Å². The highest BCUT2D eigenvalue weighted by Gasteiger charge is 2.37. The van der Waals surface area contributed by atoms with Gasteiger partial charge in [-0.3, -0.25) is 9.59 Å². The van der Waals surface area contributed by atoms with Gasteiger partial charge in [0.1, 0.15) is 11.5 Å². The molecule has 0 radical (unpaired) electrons. The number of carbonyl (C=O) groups excluding carboxylic acids is 2. The largest absolute Gasteiger partial charge is 0.462 e. The van der Waals surface area contributed by atoms with Gasteiger partial charge in [-0.1, -0.05) is 23.7 Å². The second kappa shape index (κ2) is 5.42. The van der Waals surface area contributed by atoms with Crippen LogP contribution in [0, 0.1) is 6.92 Å². The summed E-state index contributed by atoms with van der Waals surface area (Å²) in [6, 6.07) is 10.3. The molecule has 0 aliphatic carbocycles. The standard InChI is InChI=1S/C15H10ClNO3S/c1-9-6-7-10(20-9)8-13-14(18)17(15(19)21-13)12-5-3-2-4-11(12)16/h2-8H,1H3/b13-8+. The summed E-state index contributed by atoms with van der Waals surface area (Å²) in [5, 5.41) is -0.0162. The number of anilines is 1. The maximum atomic E-state index is 12.4. The first kappa shape index (κ1) is 14.0. The van der Waals surface area contributed by atoms with Crippen molar-refractivity contribution in [3.63, 3.8) is 0 Å². The normalized spacial score (nSPS) is 17.0. The minimum atomic E-state index is -0.396. The third-order valence-corrected chi connectivity index (χ3v) is 4.11. The van der Waals surface area contributed by atoms with Crippen LogP contribution in [0.3, 0.4) is 0 Å². The quantitative estimate of drug-likeness (QED) is 0.766. The SMILES string of the molecule is Cc1ccc(/C=C2/SC(=O)N(c3ccccc3Cl)C2=O)o1. The van der Waals surface area contributed by atoms with Crippen LogP contribution in [0.1, 0.15) is 11.5 Å². The maximum absolute atomic E-state index is 12.4. The second-order valence-electron chi connectivity index (χ2n) is 4.42. The summed E-state index contributed by atoms with van der Waals surface area (Å²) < 4.78 is 5.40. The third kappa shape index (κ3) is 2.62. The number of furan rings is 1. The van der Waals surface area contributed by atoms with Crippen molar-refractivity contribution in [2.45, 2.75) is 6.92 Å². The lowest BCUT2D eigenvalue weighted by Crippen LogP contribution is -2.27. The Balaban J connectivity index is 1.96. The summed E-state index contributed by atoms with van der Waals surface area (Å²) in [6.07, 6.45) is 1.56. The number of para-hydroxylation sites is 1. The molecular weight excluding hydrogens is 310 g/mol. The molecule has 2 amide bonds.